The average Bonchev–Trinajstić information content (AvgIpc) is 3.10. The Balaban J connectivity index is 1.57. The van der Waals surface area contributed by atoms with Crippen molar-refractivity contribution in [2.45, 2.75) is 12.6 Å². The number of aliphatic hydroxyl groups is 1. The van der Waals surface area contributed by atoms with E-state index in [0.717, 1.165) is 27.6 Å². The molecule has 0 fully saturated rings. The molecule has 0 spiro atoms. The number of pyridine rings is 1. The van der Waals surface area contributed by atoms with Gasteiger partial charge in [0, 0.05) is 23.3 Å². The predicted molar refractivity (Wildman–Crippen MR) is 92.2 cm³/mol. The number of aromatic nitrogens is 4. The fourth-order valence-electron chi connectivity index (χ4n) is 2.72. The molecule has 1 unspecified atom stereocenters. The van der Waals surface area contributed by atoms with Gasteiger partial charge in [-0.2, -0.15) is 0 Å². The molecular weight excluding hydrogens is 300 g/mol. The molecule has 24 heavy (non-hydrogen) atoms. The van der Waals surface area contributed by atoms with Crippen molar-refractivity contribution in [3.8, 4) is 11.3 Å². The van der Waals surface area contributed by atoms with Crippen molar-refractivity contribution >= 4 is 10.8 Å². The summed E-state index contributed by atoms with van der Waals surface area (Å²) in [6.45, 7) is 0.370. The molecule has 2 heterocycles. The van der Waals surface area contributed by atoms with Crippen LogP contribution in [0.5, 0.6) is 0 Å². The number of nitrogens with zero attached hydrogens (tertiary/aromatic N) is 4. The zero-order chi connectivity index (χ0) is 16.4. The summed E-state index contributed by atoms with van der Waals surface area (Å²) in [6, 6.07) is 17.6. The molecule has 0 aliphatic heterocycles. The summed E-state index contributed by atoms with van der Waals surface area (Å²) >= 11 is 0. The normalized spacial score (nSPS) is 12.4. The minimum absolute atomic E-state index is 0.370. The molecule has 1 atom stereocenters. The van der Waals surface area contributed by atoms with Crippen molar-refractivity contribution in [1.82, 2.24) is 20.0 Å². The highest BCUT2D eigenvalue weighted by atomic mass is 16.3. The molecule has 0 aliphatic carbocycles. The summed E-state index contributed by atoms with van der Waals surface area (Å²) < 4.78 is 1.67. The maximum absolute atomic E-state index is 10.3. The summed E-state index contributed by atoms with van der Waals surface area (Å²) in [7, 11) is 0. The third-order valence-electron chi connectivity index (χ3n) is 4.02. The zero-order valence-corrected chi connectivity index (χ0v) is 12.9. The van der Waals surface area contributed by atoms with Gasteiger partial charge in [0.05, 0.1) is 18.8 Å². The van der Waals surface area contributed by atoms with Crippen LogP contribution in [-0.4, -0.2) is 25.1 Å². The summed E-state index contributed by atoms with van der Waals surface area (Å²) in [5.74, 6) is 0. The smallest absolute Gasteiger partial charge is 0.113 e. The molecule has 4 rings (SSSR count). The van der Waals surface area contributed by atoms with Gasteiger partial charge < -0.3 is 5.11 Å². The SMILES string of the molecule is OC(Cn1cc(-c2ccc3cnccc3c2)nn1)c1ccccc1. The molecule has 2 aromatic carbocycles. The van der Waals surface area contributed by atoms with E-state index >= 15 is 0 Å². The minimum atomic E-state index is -0.608. The Kier molecular flexibility index (Phi) is 3.76. The van der Waals surface area contributed by atoms with Crippen molar-refractivity contribution in [2.75, 3.05) is 0 Å². The first-order valence-corrected chi connectivity index (χ1v) is 7.77. The Morgan fingerprint density at radius 1 is 1.00 bits per heavy atom. The molecule has 0 aliphatic rings. The van der Waals surface area contributed by atoms with Crippen LogP contribution in [-0.2, 0) is 6.54 Å². The number of fused-ring (bicyclic) bond motifs is 1. The van der Waals surface area contributed by atoms with E-state index in [1.807, 2.05) is 60.9 Å². The highest BCUT2D eigenvalue weighted by Gasteiger charge is 2.10. The van der Waals surface area contributed by atoms with E-state index in [-0.39, 0.29) is 0 Å². The van der Waals surface area contributed by atoms with Crippen LogP contribution in [0.3, 0.4) is 0 Å². The van der Waals surface area contributed by atoms with Crippen molar-refractivity contribution in [2.24, 2.45) is 0 Å². The van der Waals surface area contributed by atoms with Gasteiger partial charge in [0.25, 0.3) is 0 Å². The summed E-state index contributed by atoms with van der Waals surface area (Å²) in [5.41, 5.74) is 2.65. The highest BCUT2D eigenvalue weighted by Crippen LogP contribution is 2.22. The molecule has 0 saturated carbocycles. The number of hydrogen-bond donors (Lipinski definition) is 1. The van der Waals surface area contributed by atoms with Gasteiger partial charge in [0.15, 0.2) is 0 Å². The van der Waals surface area contributed by atoms with Crippen LogP contribution in [0.15, 0.2) is 73.2 Å². The number of benzene rings is 2. The van der Waals surface area contributed by atoms with Crippen LogP contribution in [0.4, 0.5) is 0 Å². The molecule has 0 saturated heterocycles. The van der Waals surface area contributed by atoms with Crippen molar-refractivity contribution in [3.63, 3.8) is 0 Å². The lowest BCUT2D eigenvalue weighted by Gasteiger charge is -2.09. The molecule has 1 N–H and O–H groups in total. The van der Waals surface area contributed by atoms with Gasteiger partial charge in [-0.1, -0.05) is 47.7 Å². The molecule has 118 valence electrons. The monoisotopic (exact) mass is 316 g/mol. The predicted octanol–water partition coefficient (Wildman–Crippen LogP) is 3.23. The summed E-state index contributed by atoms with van der Waals surface area (Å²) in [5, 5.41) is 20.9. The molecule has 0 bridgehead atoms. The number of rotatable bonds is 4. The van der Waals surface area contributed by atoms with Gasteiger partial charge in [0.2, 0.25) is 0 Å². The van der Waals surface area contributed by atoms with Crippen LogP contribution in [0.25, 0.3) is 22.0 Å². The van der Waals surface area contributed by atoms with Crippen LogP contribution >= 0.6 is 0 Å². The third-order valence-corrected chi connectivity index (χ3v) is 4.02. The van der Waals surface area contributed by atoms with Crippen LogP contribution in [0.1, 0.15) is 11.7 Å². The van der Waals surface area contributed by atoms with Crippen LogP contribution in [0.2, 0.25) is 0 Å². The molecule has 2 aromatic heterocycles. The maximum Gasteiger partial charge on any atom is 0.113 e. The van der Waals surface area contributed by atoms with Crippen LogP contribution in [0, 0.1) is 0 Å². The van der Waals surface area contributed by atoms with Gasteiger partial charge in [-0.15, -0.1) is 5.10 Å². The fourth-order valence-corrected chi connectivity index (χ4v) is 2.72. The van der Waals surface area contributed by atoms with Crippen molar-refractivity contribution in [3.05, 3.63) is 78.8 Å². The molecule has 5 heteroatoms. The minimum Gasteiger partial charge on any atom is -0.386 e. The second-order valence-corrected chi connectivity index (χ2v) is 5.69. The van der Waals surface area contributed by atoms with E-state index in [2.05, 4.69) is 21.4 Å². The summed E-state index contributed by atoms with van der Waals surface area (Å²) in [6.07, 6.45) is 4.86. The Morgan fingerprint density at radius 3 is 2.75 bits per heavy atom. The van der Waals surface area contributed by atoms with E-state index in [9.17, 15) is 5.11 Å². The van der Waals surface area contributed by atoms with Crippen LogP contribution < -0.4 is 0 Å². The number of aliphatic hydroxyl groups excluding tert-OH is 1. The molecule has 5 nitrogen and oxygen atoms in total. The first kappa shape index (κ1) is 14.5. The van der Waals surface area contributed by atoms with Gasteiger partial charge >= 0.3 is 0 Å². The lowest BCUT2D eigenvalue weighted by atomic mass is 10.1. The lowest BCUT2D eigenvalue weighted by Crippen LogP contribution is -2.09. The van der Waals surface area contributed by atoms with Gasteiger partial charge in [-0.05, 0) is 23.1 Å². The molecule has 4 aromatic rings. The van der Waals surface area contributed by atoms with E-state index < -0.39 is 6.10 Å². The second kappa shape index (κ2) is 6.22. The Morgan fingerprint density at radius 2 is 1.88 bits per heavy atom. The van der Waals surface area contributed by atoms with Gasteiger partial charge in [-0.3, -0.25) is 4.98 Å². The first-order chi connectivity index (χ1) is 11.8. The Bertz CT molecular complexity index is 965. The Hall–Kier alpha value is -3.05. The van der Waals surface area contributed by atoms with Crippen molar-refractivity contribution in [1.29, 1.82) is 0 Å². The van der Waals surface area contributed by atoms with E-state index in [1.165, 1.54) is 0 Å². The largest absolute Gasteiger partial charge is 0.386 e. The van der Waals surface area contributed by atoms with Gasteiger partial charge in [0.1, 0.15) is 5.69 Å². The molecule has 0 radical (unpaired) electrons. The summed E-state index contributed by atoms with van der Waals surface area (Å²) in [4.78, 5) is 4.12. The fraction of sp³-hybridized carbons (Fsp3) is 0.105. The van der Waals surface area contributed by atoms with Crippen molar-refractivity contribution < 1.29 is 5.11 Å². The standard InChI is InChI=1S/C19H16N4O/c24-19(14-4-2-1-3-5-14)13-23-12-18(21-22-23)16-6-7-17-11-20-9-8-15(17)10-16/h1-12,19,24H,13H2. The quantitative estimate of drug-likeness (QED) is 0.628. The molecular formula is C19H16N4O. The van der Waals surface area contributed by atoms with E-state index in [1.54, 1.807) is 10.9 Å². The highest BCUT2D eigenvalue weighted by molar-refractivity contribution is 5.85. The molecule has 0 amide bonds. The Labute approximate surface area is 139 Å². The van der Waals surface area contributed by atoms with E-state index in [0.29, 0.717) is 6.54 Å². The third kappa shape index (κ3) is 2.89. The number of hydrogen-bond acceptors (Lipinski definition) is 4. The topological polar surface area (TPSA) is 63.8 Å². The maximum atomic E-state index is 10.3. The second-order valence-electron chi connectivity index (χ2n) is 5.69. The van der Waals surface area contributed by atoms with E-state index in [4.69, 9.17) is 0 Å². The average molecular weight is 316 g/mol. The van der Waals surface area contributed by atoms with Gasteiger partial charge in [-0.25, -0.2) is 4.68 Å². The lowest BCUT2D eigenvalue weighted by molar-refractivity contribution is 0.150. The first-order valence-electron chi connectivity index (χ1n) is 7.77. The zero-order valence-electron chi connectivity index (χ0n) is 12.9.